The molecule has 5 heteroatoms. The highest BCUT2D eigenvalue weighted by Gasteiger charge is 2.41. The van der Waals surface area contributed by atoms with Gasteiger partial charge < -0.3 is 15.3 Å². The first-order valence-corrected chi connectivity index (χ1v) is 6.43. The smallest absolute Gasteiger partial charge is 0.323 e. The fraction of sp³-hybridized carbons (Fsp3) is 0.500. The third-order valence-corrected chi connectivity index (χ3v) is 3.93. The summed E-state index contributed by atoms with van der Waals surface area (Å²) in [6, 6.07) is 4.40. The van der Waals surface area contributed by atoms with Crippen LogP contribution in [0.4, 0.5) is 0 Å². The molecule has 1 heterocycles. The van der Waals surface area contributed by atoms with E-state index in [0.717, 1.165) is 12.8 Å². The standard InChI is InChI=1S/C14H19NO4/c1-14(13(18)19)6-2-3-7-15(14)9-10-4-5-11(16)8-12(10)17/h4-5,8,16-17H,2-3,6-7,9H2,1H3,(H,18,19). The van der Waals surface area contributed by atoms with Gasteiger partial charge in [0.05, 0.1) is 0 Å². The second kappa shape index (κ2) is 5.09. The first-order chi connectivity index (χ1) is 8.93. The van der Waals surface area contributed by atoms with Gasteiger partial charge in [0, 0.05) is 18.2 Å². The van der Waals surface area contributed by atoms with Crippen LogP contribution in [-0.2, 0) is 11.3 Å². The van der Waals surface area contributed by atoms with E-state index in [9.17, 15) is 20.1 Å². The quantitative estimate of drug-likeness (QED) is 0.778. The molecule has 0 radical (unpaired) electrons. The molecule has 0 spiro atoms. The molecule has 1 saturated heterocycles. The number of piperidine rings is 1. The van der Waals surface area contributed by atoms with Crippen LogP contribution in [0.25, 0.3) is 0 Å². The summed E-state index contributed by atoms with van der Waals surface area (Å²) in [4.78, 5) is 13.4. The average molecular weight is 265 g/mol. The Labute approximate surface area is 112 Å². The minimum absolute atomic E-state index is 0.000825. The molecule has 0 aliphatic carbocycles. The SMILES string of the molecule is CC1(C(=O)O)CCCCN1Cc1ccc(O)cc1O. The Hall–Kier alpha value is -1.75. The number of likely N-dealkylation sites (tertiary alicyclic amines) is 1. The third kappa shape index (κ3) is 2.66. The van der Waals surface area contributed by atoms with Crippen LogP contribution in [0.5, 0.6) is 11.5 Å². The Morgan fingerprint density at radius 1 is 1.37 bits per heavy atom. The van der Waals surface area contributed by atoms with Crippen LogP contribution in [0, 0.1) is 0 Å². The van der Waals surface area contributed by atoms with Crippen molar-refractivity contribution in [2.45, 2.75) is 38.3 Å². The van der Waals surface area contributed by atoms with Crippen LogP contribution in [0.1, 0.15) is 31.7 Å². The number of aromatic hydroxyl groups is 2. The van der Waals surface area contributed by atoms with Crippen molar-refractivity contribution in [3.8, 4) is 11.5 Å². The van der Waals surface area contributed by atoms with E-state index in [1.54, 1.807) is 13.0 Å². The van der Waals surface area contributed by atoms with Crippen molar-refractivity contribution >= 4 is 5.97 Å². The number of carbonyl (C=O) groups is 1. The summed E-state index contributed by atoms with van der Waals surface area (Å²) in [6.07, 6.45) is 2.48. The lowest BCUT2D eigenvalue weighted by atomic mass is 9.88. The number of phenols is 2. The van der Waals surface area contributed by atoms with Crippen LogP contribution < -0.4 is 0 Å². The summed E-state index contributed by atoms with van der Waals surface area (Å²) in [7, 11) is 0. The molecule has 1 unspecified atom stereocenters. The van der Waals surface area contributed by atoms with Gasteiger partial charge in [-0.05, 0) is 38.8 Å². The largest absolute Gasteiger partial charge is 0.508 e. The highest BCUT2D eigenvalue weighted by molar-refractivity contribution is 5.78. The van der Waals surface area contributed by atoms with Gasteiger partial charge in [-0.25, -0.2) is 0 Å². The van der Waals surface area contributed by atoms with E-state index >= 15 is 0 Å². The van der Waals surface area contributed by atoms with Gasteiger partial charge in [-0.3, -0.25) is 9.69 Å². The molecule has 0 amide bonds. The summed E-state index contributed by atoms with van der Waals surface area (Å²) < 4.78 is 0. The number of aliphatic carboxylic acids is 1. The van der Waals surface area contributed by atoms with Crippen molar-refractivity contribution in [3.05, 3.63) is 23.8 Å². The van der Waals surface area contributed by atoms with Crippen LogP contribution in [-0.4, -0.2) is 38.3 Å². The zero-order valence-electron chi connectivity index (χ0n) is 11.0. The molecule has 0 bridgehead atoms. The molecule has 1 fully saturated rings. The molecule has 0 saturated carbocycles. The summed E-state index contributed by atoms with van der Waals surface area (Å²) >= 11 is 0. The molecule has 3 N–H and O–H groups in total. The molecule has 1 atom stereocenters. The second-order valence-electron chi connectivity index (χ2n) is 5.27. The number of phenolic OH excluding ortho intramolecular Hbond substituents is 2. The predicted octanol–water partition coefficient (Wildman–Crippen LogP) is 1.93. The summed E-state index contributed by atoms with van der Waals surface area (Å²) in [6.45, 7) is 2.80. The fourth-order valence-electron chi connectivity index (χ4n) is 2.56. The molecular weight excluding hydrogens is 246 g/mol. The molecule has 19 heavy (non-hydrogen) atoms. The number of carboxylic acid groups (broad SMARTS) is 1. The van der Waals surface area contributed by atoms with Gasteiger partial charge in [-0.15, -0.1) is 0 Å². The number of rotatable bonds is 3. The Kier molecular flexibility index (Phi) is 3.66. The van der Waals surface area contributed by atoms with Crippen molar-refractivity contribution in [3.63, 3.8) is 0 Å². The van der Waals surface area contributed by atoms with Crippen LogP contribution in [0.2, 0.25) is 0 Å². The number of hydrogen-bond donors (Lipinski definition) is 3. The van der Waals surface area contributed by atoms with Gasteiger partial charge in [0.1, 0.15) is 17.0 Å². The van der Waals surface area contributed by atoms with Gasteiger partial charge >= 0.3 is 5.97 Å². The molecule has 104 valence electrons. The molecule has 1 aromatic carbocycles. The van der Waals surface area contributed by atoms with E-state index in [4.69, 9.17) is 0 Å². The van der Waals surface area contributed by atoms with E-state index in [1.165, 1.54) is 12.1 Å². The first kappa shape index (κ1) is 13.7. The van der Waals surface area contributed by atoms with Crippen LogP contribution in [0.15, 0.2) is 18.2 Å². The average Bonchev–Trinajstić information content (AvgIpc) is 2.35. The van der Waals surface area contributed by atoms with Crippen molar-refractivity contribution in [2.24, 2.45) is 0 Å². The number of carboxylic acids is 1. The van der Waals surface area contributed by atoms with Gasteiger partial charge in [-0.2, -0.15) is 0 Å². The molecule has 2 rings (SSSR count). The Morgan fingerprint density at radius 2 is 2.11 bits per heavy atom. The number of benzene rings is 1. The highest BCUT2D eigenvalue weighted by Crippen LogP contribution is 2.32. The van der Waals surface area contributed by atoms with E-state index in [-0.39, 0.29) is 11.5 Å². The highest BCUT2D eigenvalue weighted by atomic mass is 16.4. The van der Waals surface area contributed by atoms with Gasteiger partial charge in [0.25, 0.3) is 0 Å². The maximum Gasteiger partial charge on any atom is 0.323 e. The zero-order chi connectivity index (χ0) is 14.0. The van der Waals surface area contributed by atoms with E-state index in [2.05, 4.69) is 0 Å². The van der Waals surface area contributed by atoms with Crippen LogP contribution >= 0.6 is 0 Å². The third-order valence-electron chi connectivity index (χ3n) is 3.93. The molecule has 5 nitrogen and oxygen atoms in total. The topological polar surface area (TPSA) is 81.0 Å². The minimum Gasteiger partial charge on any atom is -0.508 e. The normalized spacial score (nSPS) is 24.3. The fourth-order valence-corrected chi connectivity index (χ4v) is 2.56. The Bertz CT molecular complexity index is 488. The molecule has 1 aromatic rings. The van der Waals surface area contributed by atoms with Gasteiger partial charge in [0.15, 0.2) is 0 Å². The lowest BCUT2D eigenvalue weighted by Crippen LogP contribution is -2.54. The molecule has 1 aliphatic rings. The van der Waals surface area contributed by atoms with E-state index in [0.29, 0.717) is 25.1 Å². The lowest BCUT2D eigenvalue weighted by molar-refractivity contribution is -0.153. The maximum atomic E-state index is 11.5. The lowest BCUT2D eigenvalue weighted by Gasteiger charge is -2.41. The zero-order valence-corrected chi connectivity index (χ0v) is 11.0. The van der Waals surface area contributed by atoms with E-state index in [1.807, 2.05) is 4.90 Å². The van der Waals surface area contributed by atoms with Gasteiger partial charge in [0.2, 0.25) is 0 Å². The van der Waals surface area contributed by atoms with Crippen molar-refractivity contribution in [1.82, 2.24) is 4.90 Å². The van der Waals surface area contributed by atoms with Crippen molar-refractivity contribution in [2.75, 3.05) is 6.54 Å². The van der Waals surface area contributed by atoms with Gasteiger partial charge in [-0.1, -0.05) is 6.07 Å². The summed E-state index contributed by atoms with van der Waals surface area (Å²) in [5, 5.41) is 28.5. The number of nitrogens with zero attached hydrogens (tertiary/aromatic N) is 1. The van der Waals surface area contributed by atoms with Crippen molar-refractivity contribution in [1.29, 1.82) is 0 Å². The maximum absolute atomic E-state index is 11.5. The second-order valence-corrected chi connectivity index (χ2v) is 5.27. The van der Waals surface area contributed by atoms with Crippen LogP contribution in [0.3, 0.4) is 0 Å². The Balaban J connectivity index is 2.22. The molecule has 1 aliphatic heterocycles. The van der Waals surface area contributed by atoms with E-state index < -0.39 is 11.5 Å². The monoisotopic (exact) mass is 265 g/mol. The number of hydrogen-bond acceptors (Lipinski definition) is 4. The van der Waals surface area contributed by atoms with Crippen molar-refractivity contribution < 1.29 is 20.1 Å². The summed E-state index contributed by atoms with van der Waals surface area (Å²) in [5.74, 6) is -0.829. The minimum atomic E-state index is -0.886. The molecule has 0 aromatic heterocycles. The predicted molar refractivity (Wildman–Crippen MR) is 70.1 cm³/mol. The first-order valence-electron chi connectivity index (χ1n) is 6.43. The summed E-state index contributed by atoms with van der Waals surface area (Å²) in [5.41, 5.74) is -0.255. The Morgan fingerprint density at radius 3 is 2.74 bits per heavy atom. The molecular formula is C14H19NO4.